The van der Waals surface area contributed by atoms with Crippen molar-refractivity contribution in [3.8, 4) is 11.5 Å². The maximum atomic E-state index is 11.7. The average Bonchev–Trinajstić information content (AvgIpc) is 2.47. The van der Waals surface area contributed by atoms with Crippen LogP contribution in [0.3, 0.4) is 0 Å². The van der Waals surface area contributed by atoms with Gasteiger partial charge in [0.15, 0.2) is 6.61 Å². The van der Waals surface area contributed by atoms with E-state index < -0.39 is 11.9 Å². The van der Waals surface area contributed by atoms with Gasteiger partial charge < -0.3 is 14.6 Å². The molecule has 0 fully saturated rings. The number of carbonyl (C=O) groups is 2. The van der Waals surface area contributed by atoms with E-state index in [1.54, 1.807) is 18.2 Å². The van der Waals surface area contributed by atoms with Gasteiger partial charge in [-0.2, -0.15) is 0 Å². The highest BCUT2D eigenvalue weighted by Crippen LogP contribution is 2.27. The Balaban J connectivity index is 1.91. The van der Waals surface area contributed by atoms with Crippen molar-refractivity contribution in [3.05, 3.63) is 57.5 Å². The molecule has 0 spiro atoms. The van der Waals surface area contributed by atoms with E-state index in [9.17, 15) is 9.59 Å². The first-order valence-electron chi connectivity index (χ1n) is 6.07. The number of hydrogen-bond donors (Lipinski definition) is 1. The average molecular weight is 386 g/mol. The summed E-state index contributed by atoms with van der Waals surface area (Å²) >= 11 is 9.07. The lowest BCUT2D eigenvalue weighted by atomic mass is 10.2. The Bertz CT molecular complexity index is 700. The number of esters is 1. The van der Waals surface area contributed by atoms with Crippen LogP contribution in [0.1, 0.15) is 10.4 Å². The largest absolute Gasteiger partial charge is 0.481 e. The number of halogens is 2. The van der Waals surface area contributed by atoms with Crippen LogP contribution < -0.4 is 9.47 Å². The predicted octanol–water partition coefficient (Wildman–Crippen LogP) is 3.79. The van der Waals surface area contributed by atoms with Crippen molar-refractivity contribution in [1.82, 2.24) is 0 Å². The van der Waals surface area contributed by atoms with Gasteiger partial charge in [0.1, 0.15) is 11.5 Å². The fourth-order valence-corrected chi connectivity index (χ4v) is 2.35. The molecule has 0 unspecified atom stereocenters. The molecule has 1 N–H and O–H groups in total. The van der Waals surface area contributed by atoms with Gasteiger partial charge in [0.05, 0.1) is 10.0 Å². The predicted molar refractivity (Wildman–Crippen MR) is 83.7 cm³/mol. The number of carbonyl (C=O) groups excluding carboxylic acids is 1. The molecule has 0 aromatic heterocycles. The van der Waals surface area contributed by atoms with Crippen LogP contribution in [0.2, 0.25) is 5.02 Å². The van der Waals surface area contributed by atoms with Crippen molar-refractivity contribution in [2.75, 3.05) is 6.61 Å². The molecule has 0 atom stereocenters. The Morgan fingerprint density at radius 2 is 1.82 bits per heavy atom. The molecule has 0 amide bonds. The third-order valence-corrected chi connectivity index (χ3v) is 3.43. The lowest BCUT2D eigenvalue weighted by Gasteiger charge is -2.08. The van der Waals surface area contributed by atoms with Gasteiger partial charge in [0.25, 0.3) is 0 Å². The van der Waals surface area contributed by atoms with Gasteiger partial charge in [-0.3, -0.25) is 0 Å². The number of hydrogen-bond acceptors (Lipinski definition) is 4. The van der Waals surface area contributed by atoms with Crippen molar-refractivity contribution >= 4 is 39.5 Å². The molecule has 0 aliphatic heterocycles. The third kappa shape index (κ3) is 4.47. The number of aromatic carboxylic acids is 1. The summed E-state index contributed by atoms with van der Waals surface area (Å²) in [5, 5.41) is 9.31. The Labute approximate surface area is 139 Å². The van der Waals surface area contributed by atoms with E-state index in [-0.39, 0.29) is 17.9 Å². The van der Waals surface area contributed by atoms with Crippen LogP contribution in [-0.4, -0.2) is 23.7 Å². The van der Waals surface area contributed by atoms with E-state index in [2.05, 4.69) is 15.9 Å². The molecule has 0 aliphatic carbocycles. The van der Waals surface area contributed by atoms with E-state index in [1.807, 2.05) is 0 Å². The van der Waals surface area contributed by atoms with Gasteiger partial charge in [-0.1, -0.05) is 11.6 Å². The van der Waals surface area contributed by atoms with Crippen molar-refractivity contribution in [2.24, 2.45) is 0 Å². The molecule has 0 radical (unpaired) electrons. The Morgan fingerprint density at radius 1 is 1.14 bits per heavy atom. The molecule has 0 heterocycles. The second-order valence-electron chi connectivity index (χ2n) is 4.17. The molecule has 0 aliphatic rings. The first kappa shape index (κ1) is 16.3. The highest BCUT2D eigenvalue weighted by atomic mass is 79.9. The second kappa shape index (κ2) is 7.29. The van der Waals surface area contributed by atoms with Crippen LogP contribution in [0, 0.1) is 0 Å². The van der Waals surface area contributed by atoms with Crippen LogP contribution in [0.15, 0.2) is 46.9 Å². The van der Waals surface area contributed by atoms with Crippen molar-refractivity contribution in [1.29, 1.82) is 0 Å². The molecule has 2 aromatic rings. The maximum Gasteiger partial charge on any atom is 0.349 e. The molecule has 114 valence electrons. The van der Waals surface area contributed by atoms with Crippen LogP contribution in [0.25, 0.3) is 0 Å². The first-order valence-corrected chi connectivity index (χ1v) is 7.24. The summed E-state index contributed by atoms with van der Waals surface area (Å²) in [6.07, 6.45) is 0. The summed E-state index contributed by atoms with van der Waals surface area (Å²) in [4.78, 5) is 22.4. The zero-order valence-electron chi connectivity index (χ0n) is 11.1. The normalized spacial score (nSPS) is 10.1. The van der Waals surface area contributed by atoms with Crippen molar-refractivity contribution < 1.29 is 24.2 Å². The lowest BCUT2D eigenvalue weighted by Crippen LogP contribution is -2.17. The van der Waals surface area contributed by atoms with Crippen LogP contribution in [-0.2, 0) is 4.79 Å². The number of benzene rings is 2. The summed E-state index contributed by atoms with van der Waals surface area (Å²) in [5.74, 6) is -0.949. The summed E-state index contributed by atoms with van der Waals surface area (Å²) < 4.78 is 11.0. The van der Waals surface area contributed by atoms with Gasteiger partial charge >= 0.3 is 11.9 Å². The molecule has 22 heavy (non-hydrogen) atoms. The van der Waals surface area contributed by atoms with Crippen molar-refractivity contribution in [2.45, 2.75) is 0 Å². The molecule has 7 heteroatoms. The number of rotatable bonds is 5. The van der Waals surface area contributed by atoms with E-state index in [1.165, 1.54) is 24.3 Å². The number of carboxylic acids is 1. The van der Waals surface area contributed by atoms with E-state index in [4.69, 9.17) is 26.2 Å². The minimum atomic E-state index is -1.05. The first-order chi connectivity index (χ1) is 10.5. The lowest BCUT2D eigenvalue weighted by molar-refractivity contribution is -0.136. The second-order valence-corrected chi connectivity index (χ2v) is 5.46. The van der Waals surface area contributed by atoms with E-state index in [0.29, 0.717) is 15.2 Å². The molecule has 2 aromatic carbocycles. The molecule has 0 saturated heterocycles. The SMILES string of the molecule is O=C(COc1ccc(Cl)cc1Br)Oc1ccc(C(=O)O)cc1. The smallest absolute Gasteiger partial charge is 0.349 e. The monoisotopic (exact) mass is 384 g/mol. The molecular formula is C15H10BrClO5. The van der Waals surface area contributed by atoms with Gasteiger partial charge in [0, 0.05) is 5.02 Å². The summed E-state index contributed by atoms with van der Waals surface area (Å²) in [6.45, 7) is -0.291. The highest BCUT2D eigenvalue weighted by Gasteiger charge is 2.09. The zero-order chi connectivity index (χ0) is 16.1. The Hall–Kier alpha value is -2.05. The van der Waals surface area contributed by atoms with Crippen molar-refractivity contribution in [3.63, 3.8) is 0 Å². The molecule has 5 nitrogen and oxygen atoms in total. The molecular weight excluding hydrogens is 376 g/mol. The molecule has 0 saturated carbocycles. The minimum absolute atomic E-state index is 0.112. The standard InChI is InChI=1S/C15H10BrClO5/c16-12-7-10(17)3-6-13(12)21-8-14(18)22-11-4-1-9(2-5-11)15(19)20/h1-7H,8H2,(H,19,20). The van der Waals surface area contributed by atoms with Crippen LogP contribution >= 0.6 is 27.5 Å². The van der Waals surface area contributed by atoms with E-state index >= 15 is 0 Å². The minimum Gasteiger partial charge on any atom is -0.481 e. The molecule has 0 bridgehead atoms. The zero-order valence-corrected chi connectivity index (χ0v) is 13.4. The fraction of sp³-hybridized carbons (Fsp3) is 0.0667. The van der Waals surface area contributed by atoms with Gasteiger partial charge in [-0.25, -0.2) is 9.59 Å². The molecule has 2 rings (SSSR count). The van der Waals surface area contributed by atoms with Crippen LogP contribution in [0.5, 0.6) is 11.5 Å². The van der Waals surface area contributed by atoms with Gasteiger partial charge in [-0.05, 0) is 58.4 Å². The Morgan fingerprint density at radius 3 is 2.41 bits per heavy atom. The quantitative estimate of drug-likeness (QED) is 0.626. The third-order valence-electron chi connectivity index (χ3n) is 2.57. The van der Waals surface area contributed by atoms with Crippen LogP contribution in [0.4, 0.5) is 0 Å². The van der Waals surface area contributed by atoms with Gasteiger partial charge in [0.2, 0.25) is 0 Å². The van der Waals surface area contributed by atoms with Gasteiger partial charge in [-0.15, -0.1) is 0 Å². The summed E-state index contributed by atoms with van der Waals surface area (Å²) in [5.41, 5.74) is 0.112. The Kier molecular flexibility index (Phi) is 5.41. The topological polar surface area (TPSA) is 72.8 Å². The summed E-state index contributed by atoms with van der Waals surface area (Å²) in [6, 6.07) is 10.4. The number of carboxylic acid groups (broad SMARTS) is 1. The summed E-state index contributed by atoms with van der Waals surface area (Å²) in [7, 11) is 0. The maximum absolute atomic E-state index is 11.7. The fourth-order valence-electron chi connectivity index (χ4n) is 1.56. The number of ether oxygens (including phenoxy) is 2. The van der Waals surface area contributed by atoms with E-state index in [0.717, 1.165) is 0 Å². The highest BCUT2D eigenvalue weighted by molar-refractivity contribution is 9.10.